The molecule has 0 aliphatic heterocycles. The highest BCUT2D eigenvalue weighted by Crippen LogP contribution is 2.03. The van der Waals surface area contributed by atoms with E-state index >= 15 is 0 Å². The molecule has 80 valence electrons. The van der Waals surface area contributed by atoms with Gasteiger partial charge >= 0.3 is 0 Å². The third-order valence-electron chi connectivity index (χ3n) is 2.08. The molecule has 0 aliphatic carbocycles. The van der Waals surface area contributed by atoms with Gasteiger partial charge in [0, 0.05) is 18.4 Å². The number of aromatic nitrogens is 2. The molecule has 4 heteroatoms. The number of hydrogen-bond donors (Lipinski definition) is 1. The minimum atomic E-state index is 0.918. The molecule has 0 spiro atoms. The van der Waals surface area contributed by atoms with E-state index in [0.29, 0.717) is 0 Å². The third-order valence-corrected chi connectivity index (χ3v) is 2.64. The molecule has 3 nitrogen and oxygen atoms in total. The minimum Gasteiger partial charge on any atom is -0.311 e. The summed E-state index contributed by atoms with van der Waals surface area (Å²) in [5, 5.41) is 8.86. The second-order valence-corrected chi connectivity index (χ2v) is 4.11. The van der Waals surface area contributed by atoms with Crippen LogP contribution in [-0.4, -0.2) is 21.7 Å². The lowest BCUT2D eigenvalue weighted by molar-refractivity contribution is 0.578. The Balaban J connectivity index is 2.41. The van der Waals surface area contributed by atoms with E-state index in [1.165, 1.54) is 12.1 Å². The normalized spacial score (nSPS) is 10.8. The number of nitrogens with one attached hydrogen (secondary N) is 1. The van der Waals surface area contributed by atoms with Crippen molar-refractivity contribution >= 4 is 15.9 Å². The first-order valence-electron chi connectivity index (χ1n) is 5.08. The first-order valence-corrected chi connectivity index (χ1v) is 6.20. The number of halogens is 1. The van der Waals surface area contributed by atoms with Crippen LogP contribution in [0.2, 0.25) is 0 Å². The van der Waals surface area contributed by atoms with Gasteiger partial charge in [0.25, 0.3) is 0 Å². The van der Waals surface area contributed by atoms with Gasteiger partial charge in [0.2, 0.25) is 0 Å². The molecule has 14 heavy (non-hydrogen) atoms. The lowest BCUT2D eigenvalue weighted by atomic mass is 10.3. The SMILES string of the molecule is CCn1nc(C)cc1CNCCCBr. The molecule has 1 aromatic rings. The Labute approximate surface area is 94.0 Å². The number of aryl methyl sites for hydroxylation is 2. The fourth-order valence-corrected chi connectivity index (χ4v) is 1.70. The molecule has 1 heterocycles. The average Bonchev–Trinajstić information content (AvgIpc) is 2.54. The molecule has 0 aliphatic rings. The van der Waals surface area contributed by atoms with E-state index in [9.17, 15) is 0 Å². The molecule has 0 saturated heterocycles. The van der Waals surface area contributed by atoms with Crippen molar-refractivity contribution in [3.63, 3.8) is 0 Å². The van der Waals surface area contributed by atoms with Crippen molar-refractivity contribution in [2.45, 2.75) is 33.4 Å². The lowest BCUT2D eigenvalue weighted by Crippen LogP contribution is -2.17. The summed E-state index contributed by atoms with van der Waals surface area (Å²) in [6, 6.07) is 2.14. The molecule has 0 fully saturated rings. The van der Waals surface area contributed by atoms with Gasteiger partial charge in [-0.2, -0.15) is 5.10 Å². The van der Waals surface area contributed by atoms with Crippen molar-refractivity contribution in [2.24, 2.45) is 0 Å². The van der Waals surface area contributed by atoms with Gasteiger partial charge in [-0.1, -0.05) is 15.9 Å². The highest BCUT2D eigenvalue weighted by molar-refractivity contribution is 9.09. The molecule has 0 saturated carbocycles. The molecular weight excluding hydrogens is 242 g/mol. The summed E-state index contributed by atoms with van der Waals surface area (Å²) < 4.78 is 2.05. The van der Waals surface area contributed by atoms with Crippen LogP contribution < -0.4 is 5.32 Å². The van der Waals surface area contributed by atoms with Gasteiger partial charge in [-0.05, 0) is 32.9 Å². The van der Waals surface area contributed by atoms with Crippen LogP contribution in [0.5, 0.6) is 0 Å². The van der Waals surface area contributed by atoms with Gasteiger partial charge in [0.05, 0.1) is 11.4 Å². The fraction of sp³-hybridized carbons (Fsp3) is 0.700. The number of nitrogens with zero attached hydrogens (tertiary/aromatic N) is 2. The van der Waals surface area contributed by atoms with Crippen LogP contribution in [0.15, 0.2) is 6.07 Å². The van der Waals surface area contributed by atoms with Gasteiger partial charge < -0.3 is 5.32 Å². The molecule has 1 rings (SSSR count). The smallest absolute Gasteiger partial charge is 0.0597 e. The predicted molar refractivity (Wildman–Crippen MR) is 62.8 cm³/mol. The summed E-state index contributed by atoms with van der Waals surface area (Å²) in [5.74, 6) is 0. The molecule has 0 amide bonds. The second kappa shape index (κ2) is 6.19. The number of rotatable bonds is 6. The monoisotopic (exact) mass is 259 g/mol. The highest BCUT2D eigenvalue weighted by atomic mass is 79.9. The molecule has 1 aromatic heterocycles. The summed E-state index contributed by atoms with van der Waals surface area (Å²) in [7, 11) is 0. The Morgan fingerprint density at radius 2 is 2.36 bits per heavy atom. The summed E-state index contributed by atoms with van der Waals surface area (Å²) in [4.78, 5) is 0. The number of alkyl halides is 1. The zero-order valence-electron chi connectivity index (χ0n) is 8.89. The van der Waals surface area contributed by atoms with Crippen LogP contribution in [0.1, 0.15) is 24.7 Å². The van der Waals surface area contributed by atoms with E-state index in [0.717, 1.165) is 30.7 Å². The van der Waals surface area contributed by atoms with E-state index < -0.39 is 0 Å². The Hall–Kier alpha value is -0.350. The van der Waals surface area contributed by atoms with Gasteiger partial charge in [0.1, 0.15) is 0 Å². The van der Waals surface area contributed by atoms with E-state index in [4.69, 9.17) is 0 Å². The number of hydrogen-bond acceptors (Lipinski definition) is 2. The van der Waals surface area contributed by atoms with E-state index in [1.54, 1.807) is 0 Å². The average molecular weight is 260 g/mol. The zero-order chi connectivity index (χ0) is 10.4. The lowest BCUT2D eigenvalue weighted by Gasteiger charge is -2.05. The molecule has 0 atom stereocenters. The van der Waals surface area contributed by atoms with Crippen LogP contribution in [0, 0.1) is 6.92 Å². The van der Waals surface area contributed by atoms with E-state index in [1.807, 2.05) is 6.92 Å². The quantitative estimate of drug-likeness (QED) is 0.627. The fourth-order valence-electron chi connectivity index (χ4n) is 1.42. The second-order valence-electron chi connectivity index (χ2n) is 3.31. The third kappa shape index (κ3) is 3.42. The van der Waals surface area contributed by atoms with E-state index in [-0.39, 0.29) is 0 Å². The van der Waals surface area contributed by atoms with Crippen LogP contribution in [-0.2, 0) is 13.1 Å². The van der Waals surface area contributed by atoms with Crippen molar-refractivity contribution in [2.75, 3.05) is 11.9 Å². The molecule has 0 aromatic carbocycles. The Kier molecular flexibility index (Phi) is 5.19. The topological polar surface area (TPSA) is 29.9 Å². The maximum atomic E-state index is 4.40. The summed E-state index contributed by atoms with van der Waals surface area (Å²) in [6.07, 6.45) is 1.17. The Bertz CT molecular complexity index is 270. The van der Waals surface area contributed by atoms with Crippen LogP contribution in [0.25, 0.3) is 0 Å². The van der Waals surface area contributed by atoms with Crippen LogP contribution in [0.3, 0.4) is 0 Å². The predicted octanol–water partition coefficient (Wildman–Crippen LogP) is 2.09. The molecule has 1 N–H and O–H groups in total. The van der Waals surface area contributed by atoms with Crippen molar-refractivity contribution in [3.8, 4) is 0 Å². The van der Waals surface area contributed by atoms with E-state index in [2.05, 4.69) is 44.0 Å². The maximum absolute atomic E-state index is 4.40. The summed E-state index contributed by atoms with van der Waals surface area (Å²) in [5.41, 5.74) is 2.38. The molecular formula is C10H18BrN3. The van der Waals surface area contributed by atoms with Crippen LogP contribution >= 0.6 is 15.9 Å². The van der Waals surface area contributed by atoms with Gasteiger partial charge in [-0.15, -0.1) is 0 Å². The van der Waals surface area contributed by atoms with Crippen molar-refractivity contribution in [3.05, 3.63) is 17.5 Å². The highest BCUT2D eigenvalue weighted by Gasteiger charge is 2.02. The largest absolute Gasteiger partial charge is 0.311 e. The molecule has 0 bridgehead atoms. The van der Waals surface area contributed by atoms with Crippen molar-refractivity contribution in [1.82, 2.24) is 15.1 Å². The zero-order valence-corrected chi connectivity index (χ0v) is 10.5. The maximum Gasteiger partial charge on any atom is 0.0597 e. The van der Waals surface area contributed by atoms with Crippen LogP contribution in [0.4, 0.5) is 0 Å². The Morgan fingerprint density at radius 1 is 1.57 bits per heavy atom. The van der Waals surface area contributed by atoms with Gasteiger partial charge in [-0.3, -0.25) is 4.68 Å². The first kappa shape index (κ1) is 11.7. The summed E-state index contributed by atoms with van der Waals surface area (Å²) in [6.45, 7) is 7.08. The van der Waals surface area contributed by atoms with Crippen molar-refractivity contribution in [1.29, 1.82) is 0 Å². The Morgan fingerprint density at radius 3 is 3.00 bits per heavy atom. The minimum absolute atomic E-state index is 0.918. The molecule has 0 radical (unpaired) electrons. The van der Waals surface area contributed by atoms with Gasteiger partial charge in [0.15, 0.2) is 0 Å². The van der Waals surface area contributed by atoms with Gasteiger partial charge in [-0.25, -0.2) is 0 Å². The summed E-state index contributed by atoms with van der Waals surface area (Å²) >= 11 is 3.41. The molecule has 0 unspecified atom stereocenters. The first-order chi connectivity index (χ1) is 6.77. The van der Waals surface area contributed by atoms with Crippen molar-refractivity contribution < 1.29 is 0 Å². The standard InChI is InChI=1S/C10H18BrN3/c1-3-14-10(7-9(2)13-14)8-12-6-4-5-11/h7,12H,3-6,8H2,1-2H3.